The van der Waals surface area contributed by atoms with Gasteiger partial charge in [0.15, 0.2) is 0 Å². The Balaban J connectivity index is 2.09. The number of carbonyl (C=O) groups excluding carboxylic acids is 2. The smallest absolute Gasteiger partial charge is 0.410 e. The SMILES string of the molecule is C=N/C=C\C(C(=O)OC)=C(/C)Nc1cnn(C2CCN(C(=O)OC(C)(C)C)CC2)c1C. The number of methoxy groups -OCH3 is 1. The predicted octanol–water partition coefficient (Wildman–Crippen LogP) is 3.84. The highest BCUT2D eigenvalue weighted by atomic mass is 16.6. The molecule has 1 fully saturated rings. The minimum Gasteiger partial charge on any atom is -0.465 e. The lowest BCUT2D eigenvalue weighted by molar-refractivity contribution is -0.135. The third-order valence-corrected chi connectivity index (χ3v) is 4.98. The summed E-state index contributed by atoms with van der Waals surface area (Å²) in [6.45, 7) is 14.0. The van der Waals surface area contributed by atoms with Gasteiger partial charge in [0.05, 0.1) is 36.3 Å². The molecule has 31 heavy (non-hydrogen) atoms. The molecule has 0 aliphatic carbocycles. The van der Waals surface area contributed by atoms with Crippen LogP contribution >= 0.6 is 0 Å². The fourth-order valence-corrected chi connectivity index (χ4v) is 3.39. The second kappa shape index (κ2) is 10.3. The maximum Gasteiger partial charge on any atom is 0.410 e. The van der Waals surface area contributed by atoms with E-state index in [4.69, 9.17) is 9.47 Å². The van der Waals surface area contributed by atoms with Gasteiger partial charge in [-0.15, -0.1) is 0 Å². The minimum atomic E-state index is -0.502. The molecule has 0 spiro atoms. The molecule has 0 bridgehead atoms. The second-order valence-corrected chi connectivity index (χ2v) is 8.44. The van der Waals surface area contributed by atoms with Gasteiger partial charge in [0.2, 0.25) is 0 Å². The van der Waals surface area contributed by atoms with Crippen LogP contribution in [-0.2, 0) is 14.3 Å². The summed E-state index contributed by atoms with van der Waals surface area (Å²) >= 11 is 0. The van der Waals surface area contributed by atoms with Crippen LogP contribution in [0.4, 0.5) is 10.5 Å². The molecule has 0 saturated carbocycles. The Kier molecular flexibility index (Phi) is 8.01. The number of rotatable bonds is 6. The molecule has 2 heterocycles. The molecule has 2 rings (SSSR count). The van der Waals surface area contributed by atoms with E-state index in [0.29, 0.717) is 24.4 Å². The van der Waals surface area contributed by atoms with Gasteiger partial charge in [-0.05, 0) is 60.3 Å². The molecule has 1 aromatic heterocycles. The lowest BCUT2D eigenvalue weighted by Gasteiger charge is -2.33. The van der Waals surface area contributed by atoms with E-state index in [1.165, 1.54) is 13.3 Å². The molecule has 170 valence electrons. The van der Waals surface area contributed by atoms with Gasteiger partial charge in [0.25, 0.3) is 0 Å². The van der Waals surface area contributed by atoms with Crippen LogP contribution in [-0.4, -0.2) is 59.3 Å². The maximum atomic E-state index is 12.3. The van der Waals surface area contributed by atoms with E-state index >= 15 is 0 Å². The van der Waals surface area contributed by atoms with Gasteiger partial charge >= 0.3 is 12.1 Å². The summed E-state index contributed by atoms with van der Waals surface area (Å²) in [7, 11) is 1.33. The molecule has 0 unspecified atom stereocenters. The first kappa shape index (κ1) is 24.2. The van der Waals surface area contributed by atoms with E-state index in [1.807, 2.05) is 32.4 Å². The van der Waals surface area contributed by atoms with E-state index in [9.17, 15) is 9.59 Å². The highest BCUT2D eigenvalue weighted by molar-refractivity contribution is 5.93. The largest absolute Gasteiger partial charge is 0.465 e. The van der Waals surface area contributed by atoms with Crippen molar-refractivity contribution in [1.29, 1.82) is 0 Å². The van der Waals surface area contributed by atoms with Crippen LogP contribution in [0.5, 0.6) is 0 Å². The topological polar surface area (TPSA) is 98.0 Å². The first-order valence-corrected chi connectivity index (χ1v) is 10.3. The highest BCUT2D eigenvalue weighted by Crippen LogP contribution is 2.28. The number of allylic oxidation sites excluding steroid dienone is 1. The van der Waals surface area contributed by atoms with Crippen LogP contribution in [0.25, 0.3) is 0 Å². The molecule has 0 atom stereocenters. The number of aromatic nitrogens is 2. The van der Waals surface area contributed by atoms with Gasteiger partial charge in [-0.2, -0.15) is 5.10 Å². The predicted molar refractivity (Wildman–Crippen MR) is 120 cm³/mol. The number of amides is 1. The summed E-state index contributed by atoms with van der Waals surface area (Å²) in [6, 6.07) is 0.184. The number of nitrogens with one attached hydrogen (secondary N) is 1. The molecule has 1 amide bonds. The Hall–Kier alpha value is -3.10. The zero-order valence-corrected chi connectivity index (χ0v) is 19.3. The number of anilines is 1. The third kappa shape index (κ3) is 6.44. The Morgan fingerprint density at radius 3 is 2.52 bits per heavy atom. The molecule has 1 aliphatic rings. The summed E-state index contributed by atoms with van der Waals surface area (Å²) in [5.41, 5.74) is 2.22. The number of hydrogen-bond donors (Lipinski definition) is 1. The molecule has 1 N–H and O–H groups in total. The van der Waals surface area contributed by atoms with Crippen molar-refractivity contribution in [2.45, 2.75) is 59.1 Å². The monoisotopic (exact) mass is 431 g/mol. The van der Waals surface area contributed by atoms with E-state index in [-0.39, 0.29) is 12.1 Å². The molecule has 1 aliphatic heterocycles. The van der Waals surface area contributed by atoms with Gasteiger partial charge in [0, 0.05) is 25.0 Å². The van der Waals surface area contributed by atoms with E-state index < -0.39 is 11.6 Å². The number of esters is 1. The van der Waals surface area contributed by atoms with Crippen molar-refractivity contribution in [3.05, 3.63) is 35.4 Å². The van der Waals surface area contributed by atoms with Gasteiger partial charge in [-0.1, -0.05) is 0 Å². The van der Waals surface area contributed by atoms with Crippen LogP contribution in [0.15, 0.2) is 34.7 Å². The Labute approximate surface area is 183 Å². The average molecular weight is 432 g/mol. The van der Waals surface area contributed by atoms with Crippen LogP contribution in [0.3, 0.4) is 0 Å². The first-order chi connectivity index (χ1) is 14.6. The number of carbonyl (C=O) groups is 2. The number of ether oxygens (including phenoxy) is 2. The molecule has 0 aromatic carbocycles. The summed E-state index contributed by atoms with van der Waals surface area (Å²) in [4.78, 5) is 29.7. The zero-order chi connectivity index (χ0) is 23.2. The Morgan fingerprint density at radius 1 is 1.32 bits per heavy atom. The Bertz CT molecular complexity index is 871. The lowest BCUT2D eigenvalue weighted by atomic mass is 10.1. The number of hydrogen-bond acceptors (Lipinski definition) is 7. The zero-order valence-electron chi connectivity index (χ0n) is 19.3. The van der Waals surface area contributed by atoms with Gasteiger partial charge in [0.1, 0.15) is 5.60 Å². The van der Waals surface area contributed by atoms with Gasteiger partial charge < -0.3 is 19.7 Å². The molecule has 1 saturated heterocycles. The van der Waals surface area contributed by atoms with Crippen LogP contribution in [0, 0.1) is 6.92 Å². The third-order valence-electron chi connectivity index (χ3n) is 4.98. The normalized spacial score (nSPS) is 16.1. The maximum absolute atomic E-state index is 12.3. The fraction of sp³-hybridized carbons (Fsp3) is 0.545. The molecule has 9 nitrogen and oxygen atoms in total. The molecule has 1 aromatic rings. The number of aliphatic imine (C=N–C) groups is 1. The molecular formula is C22H33N5O4. The summed E-state index contributed by atoms with van der Waals surface area (Å²) in [5.74, 6) is -0.468. The van der Waals surface area contributed by atoms with Crippen molar-refractivity contribution in [3.63, 3.8) is 0 Å². The van der Waals surface area contributed by atoms with Crippen LogP contribution < -0.4 is 5.32 Å². The Morgan fingerprint density at radius 2 is 1.97 bits per heavy atom. The number of likely N-dealkylation sites (tertiary alicyclic amines) is 1. The van der Waals surface area contributed by atoms with Gasteiger partial charge in [-0.25, -0.2) is 9.59 Å². The molecule has 0 radical (unpaired) electrons. The second-order valence-electron chi connectivity index (χ2n) is 8.44. The summed E-state index contributed by atoms with van der Waals surface area (Å²) in [5, 5.41) is 7.79. The molecule has 9 heteroatoms. The van der Waals surface area contributed by atoms with Crippen LogP contribution in [0.1, 0.15) is 52.3 Å². The molecular weight excluding hydrogens is 398 g/mol. The highest BCUT2D eigenvalue weighted by Gasteiger charge is 2.28. The van der Waals surface area contributed by atoms with Crippen molar-refractivity contribution in [3.8, 4) is 0 Å². The van der Waals surface area contributed by atoms with Crippen molar-refractivity contribution < 1.29 is 19.1 Å². The quantitative estimate of drug-likeness (QED) is 0.318. The first-order valence-electron chi connectivity index (χ1n) is 10.3. The minimum absolute atomic E-state index is 0.184. The summed E-state index contributed by atoms with van der Waals surface area (Å²) in [6.07, 6.45) is 6.03. The van der Waals surface area contributed by atoms with E-state index in [1.54, 1.807) is 24.1 Å². The van der Waals surface area contributed by atoms with Crippen molar-refractivity contribution >= 4 is 24.5 Å². The van der Waals surface area contributed by atoms with Crippen LogP contribution in [0.2, 0.25) is 0 Å². The fourth-order valence-electron chi connectivity index (χ4n) is 3.39. The van der Waals surface area contributed by atoms with Crippen molar-refractivity contribution in [2.75, 3.05) is 25.5 Å². The van der Waals surface area contributed by atoms with E-state index in [0.717, 1.165) is 24.2 Å². The number of piperidine rings is 1. The lowest BCUT2D eigenvalue weighted by Crippen LogP contribution is -2.42. The summed E-state index contributed by atoms with van der Waals surface area (Å²) < 4.78 is 12.3. The van der Waals surface area contributed by atoms with Gasteiger partial charge in [-0.3, -0.25) is 9.67 Å². The van der Waals surface area contributed by atoms with Crippen molar-refractivity contribution in [1.82, 2.24) is 14.7 Å². The number of nitrogens with zero attached hydrogens (tertiary/aromatic N) is 4. The average Bonchev–Trinajstić information content (AvgIpc) is 3.07. The standard InChI is InChI=1S/C22H33N5O4/c1-15(18(8-11-23-6)20(28)30-7)25-19-14-24-27(16(19)2)17-9-12-26(13-10-17)21(29)31-22(3,4)5/h8,11,14,17,25H,6,9-10,12-13H2,1-5,7H3/b11-8-,18-15-. The van der Waals surface area contributed by atoms with E-state index in [2.05, 4.69) is 22.1 Å². The van der Waals surface area contributed by atoms with Crippen molar-refractivity contribution in [2.24, 2.45) is 4.99 Å².